The molecule has 0 saturated carbocycles. The summed E-state index contributed by atoms with van der Waals surface area (Å²) in [6.45, 7) is 0. The zero-order chi connectivity index (χ0) is 14.7. The molecular weight excluding hydrogens is 258 g/mol. The van der Waals surface area contributed by atoms with Gasteiger partial charge in [-0.2, -0.15) is 5.26 Å². The summed E-state index contributed by atoms with van der Waals surface area (Å²) < 4.78 is 10.4. The minimum Gasteiger partial charge on any atom is -0.493 e. The van der Waals surface area contributed by atoms with Gasteiger partial charge < -0.3 is 19.5 Å². The van der Waals surface area contributed by atoms with E-state index in [2.05, 4.69) is 4.99 Å². The number of hydrogen-bond donors (Lipinski definition) is 1. The Kier molecular flexibility index (Phi) is 3.91. The number of aliphatic imine (C=N–C) groups is 1. The molecule has 1 unspecified atom stereocenters. The van der Waals surface area contributed by atoms with Crippen molar-refractivity contribution in [1.82, 2.24) is 4.90 Å². The van der Waals surface area contributed by atoms with Crippen LogP contribution in [0, 0.1) is 11.3 Å². The molecule has 1 aliphatic heterocycles. The Bertz CT molecular complexity index is 617. The monoisotopic (exact) mass is 273 g/mol. The summed E-state index contributed by atoms with van der Waals surface area (Å²) in [5.74, 6) is 1.19. The summed E-state index contributed by atoms with van der Waals surface area (Å²) in [6, 6.07) is 7.25. The zero-order valence-electron chi connectivity index (χ0n) is 11.5. The van der Waals surface area contributed by atoms with Gasteiger partial charge in [-0.25, -0.2) is 4.99 Å². The highest BCUT2D eigenvalue weighted by atomic mass is 16.5. The number of nitriles is 1. The van der Waals surface area contributed by atoms with Crippen molar-refractivity contribution < 1.29 is 14.6 Å². The van der Waals surface area contributed by atoms with Gasteiger partial charge in [-0.1, -0.05) is 0 Å². The third-order valence-corrected chi connectivity index (χ3v) is 2.99. The van der Waals surface area contributed by atoms with Crippen molar-refractivity contribution >= 4 is 11.4 Å². The fourth-order valence-electron chi connectivity index (χ4n) is 1.89. The van der Waals surface area contributed by atoms with E-state index in [-0.39, 0.29) is 5.71 Å². The molecule has 0 saturated heterocycles. The molecule has 0 bridgehead atoms. The Morgan fingerprint density at radius 2 is 2.00 bits per heavy atom. The summed E-state index contributed by atoms with van der Waals surface area (Å²) in [5.41, 5.74) is 1.41. The van der Waals surface area contributed by atoms with E-state index in [1.54, 1.807) is 39.6 Å². The van der Waals surface area contributed by atoms with Gasteiger partial charge in [0.05, 0.1) is 19.9 Å². The molecule has 0 amide bonds. The van der Waals surface area contributed by atoms with Gasteiger partial charge in [0.2, 0.25) is 0 Å². The maximum absolute atomic E-state index is 9.77. The normalized spacial score (nSPS) is 17.9. The molecule has 0 radical (unpaired) electrons. The molecule has 1 heterocycles. The van der Waals surface area contributed by atoms with E-state index in [0.29, 0.717) is 17.2 Å². The van der Waals surface area contributed by atoms with Crippen LogP contribution in [0.15, 0.2) is 29.4 Å². The number of aliphatic hydroxyl groups is 1. The van der Waals surface area contributed by atoms with Gasteiger partial charge in [-0.15, -0.1) is 0 Å². The summed E-state index contributed by atoms with van der Waals surface area (Å²) >= 11 is 0. The third kappa shape index (κ3) is 2.44. The fourth-order valence-corrected chi connectivity index (χ4v) is 1.89. The lowest BCUT2D eigenvalue weighted by molar-refractivity contribution is 0.117. The van der Waals surface area contributed by atoms with Gasteiger partial charge in [0.1, 0.15) is 6.07 Å². The van der Waals surface area contributed by atoms with Crippen LogP contribution in [0.2, 0.25) is 0 Å². The minimum atomic E-state index is -1.01. The molecule has 0 fully saturated rings. The molecular formula is C14H15N3O3. The molecule has 104 valence electrons. The molecule has 1 aromatic carbocycles. The van der Waals surface area contributed by atoms with E-state index >= 15 is 0 Å². The van der Waals surface area contributed by atoms with Crippen LogP contribution in [0.25, 0.3) is 5.70 Å². The second kappa shape index (κ2) is 5.63. The Hall–Kier alpha value is -2.52. The highest BCUT2D eigenvalue weighted by Gasteiger charge is 2.22. The second-order valence-electron chi connectivity index (χ2n) is 4.23. The number of nitrogens with zero attached hydrogens (tertiary/aromatic N) is 3. The zero-order valence-corrected chi connectivity index (χ0v) is 11.5. The SMILES string of the molecule is COc1ccc(C2=CN(C)C(O)C(C#N)=N2)cc1OC. The van der Waals surface area contributed by atoms with E-state index in [1.807, 2.05) is 12.1 Å². The largest absolute Gasteiger partial charge is 0.493 e. The standard InChI is InChI=1S/C14H15N3O3/c1-17-8-11(16-10(7-15)14(17)18)9-4-5-12(19-2)13(6-9)20-3/h4-6,8,14,18H,1-3H3. The topological polar surface area (TPSA) is 78.1 Å². The number of ether oxygens (including phenoxy) is 2. The number of aliphatic hydroxyl groups excluding tert-OH is 1. The Morgan fingerprint density at radius 1 is 1.30 bits per heavy atom. The molecule has 1 aromatic rings. The number of benzene rings is 1. The maximum atomic E-state index is 9.77. The first-order valence-electron chi connectivity index (χ1n) is 5.93. The quantitative estimate of drug-likeness (QED) is 0.896. The Balaban J connectivity index is 2.44. The van der Waals surface area contributed by atoms with Gasteiger partial charge in [0.15, 0.2) is 23.4 Å². The molecule has 20 heavy (non-hydrogen) atoms. The van der Waals surface area contributed by atoms with Crippen molar-refractivity contribution in [2.24, 2.45) is 4.99 Å². The van der Waals surface area contributed by atoms with Gasteiger partial charge in [0, 0.05) is 18.8 Å². The van der Waals surface area contributed by atoms with Crippen LogP contribution < -0.4 is 9.47 Å². The fraction of sp³-hybridized carbons (Fsp3) is 0.286. The lowest BCUT2D eigenvalue weighted by Gasteiger charge is -2.25. The predicted molar refractivity (Wildman–Crippen MR) is 74.3 cm³/mol. The smallest absolute Gasteiger partial charge is 0.180 e. The first kappa shape index (κ1) is 13.9. The average molecular weight is 273 g/mol. The summed E-state index contributed by atoms with van der Waals surface area (Å²) in [6.07, 6.45) is 0.663. The summed E-state index contributed by atoms with van der Waals surface area (Å²) in [4.78, 5) is 5.69. The van der Waals surface area contributed by atoms with Crippen LogP contribution in [0.5, 0.6) is 11.5 Å². The van der Waals surface area contributed by atoms with Crippen molar-refractivity contribution in [3.05, 3.63) is 30.0 Å². The lowest BCUT2D eigenvalue weighted by atomic mass is 10.1. The minimum absolute atomic E-state index is 0.0554. The van der Waals surface area contributed by atoms with E-state index < -0.39 is 6.23 Å². The first-order valence-corrected chi connectivity index (χ1v) is 5.93. The second-order valence-corrected chi connectivity index (χ2v) is 4.23. The van der Waals surface area contributed by atoms with Crippen molar-refractivity contribution in [2.75, 3.05) is 21.3 Å². The third-order valence-electron chi connectivity index (χ3n) is 2.99. The predicted octanol–water partition coefficient (Wildman–Crippen LogP) is 1.23. The first-order chi connectivity index (χ1) is 9.60. The molecule has 0 aliphatic carbocycles. The van der Waals surface area contributed by atoms with Crippen LogP contribution in [0.3, 0.4) is 0 Å². The maximum Gasteiger partial charge on any atom is 0.180 e. The van der Waals surface area contributed by atoms with Crippen LogP contribution in [-0.2, 0) is 0 Å². The van der Waals surface area contributed by atoms with Crippen LogP contribution in [0.4, 0.5) is 0 Å². The molecule has 6 heteroatoms. The summed E-state index contributed by atoms with van der Waals surface area (Å²) in [5, 5.41) is 18.8. The van der Waals surface area contributed by atoms with Crippen molar-refractivity contribution in [3.8, 4) is 17.6 Å². The van der Waals surface area contributed by atoms with Gasteiger partial charge in [-0.05, 0) is 18.2 Å². The van der Waals surface area contributed by atoms with Crippen molar-refractivity contribution in [2.45, 2.75) is 6.23 Å². The summed E-state index contributed by atoms with van der Waals surface area (Å²) in [7, 11) is 4.79. The lowest BCUT2D eigenvalue weighted by Crippen LogP contribution is -2.36. The van der Waals surface area contributed by atoms with E-state index in [0.717, 1.165) is 5.56 Å². The Labute approximate surface area is 117 Å². The molecule has 1 atom stereocenters. The van der Waals surface area contributed by atoms with Crippen LogP contribution >= 0.6 is 0 Å². The molecule has 0 spiro atoms. The molecule has 1 aliphatic rings. The van der Waals surface area contributed by atoms with E-state index in [4.69, 9.17) is 14.7 Å². The van der Waals surface area contributed by atoms with Gasteiger partial charge >= 0.3 is 0 Å². The highest BCUT2D eigenvalue weighted by Crippen LogP contribution is 2.31. The van der Waals surface area contributed by atoms with Crippen LogP contribution in [0.1, 0.15) is 5.56 Å². The number of methoxy groups -OCH3 is 2. The highest BCUT2D eigenvalue weighted by molar-refractivity contribution is 6.05. The van der Waals surface area contributed by atoms with Gasteiger partial charge in [0.25, 0.3) is 0 Å². The molecule has 1 N–H and O–H groups in total. The number of hydrogen-bond acceptors (Lipinski definition) is 6. The average Bonchev–Trinajstić information content (AvgIpc) is 2.49. The van der Waals surface area contributed by atoms with E-state index in [9.17, 15) is 5.11 Å². The molecule has 0 aromatic heterocycles. The van der Waals surface area contributed by atoms with Gasteiger partial charge in [-0.3, -0.25) is 0 Å². The Morgan fingerprint density at radius 3 is 2.60 bits per heavy atom. The van der Waals surface area contributed by atoms with Crippen LogP contribution in [-0.4, -0.2) is 43.2 Å². The molecule has 6 nitrogen and oxygen atoms in total. The number of rotatable bonds is 3. The van der Waals surface area contributed by atoms with E-state index in [1.165, 1.54) is 4.90 Å². The van der Waals surface area contributed by atoms with Crippen molar-refractivity contribution in [1.29, 1.82) is 5.26 Å². The molecule has 2 rings (SSSR count). The van der Waals surface area contributed by atoms with Crippen molar-refractivity contribution in [3.63, 3.8) is 0 Å².